The van der Waals surface area contributed by atoms with E-state index in [2.05, 4.69) is 15.7 Å². The highest BCUT2D eigenvalue weighted by Crippen LogP contribution is 2.16. The van der Waals surface area contributed by atoms with E-state index in [0.29, 0.717) is 17.7 Å². The van der Waals surface area contributed by atoms with Gasteiger partial charge in [-0.1, -0.05) is 36.4 Å². The summed E-state index contributed by atoms with van der Waals surface area (Å²) in [4.78, 5) is 24.5. The van der Waals surface area contributed by atoms with Gasteiger partial charge in [0.25, 0.3) is 11.8 Å². The predicted molar refractivity (Wildman–Crippen MR) is 98.7 cm³/mol. The van der Waals surface area contributed by atoms with Gasteiger partial charge in [0.2, 0.25) is 0 Å². The van der Waals surface area contributed by atoms with Crippen molar-refractivity contribution in [3.63, 3.8) is 0 Å². The minimum atomic E-state index is -0.243. The number of nitrogens with one attached hydrogen (secondary N) is 2. The summed E-state index contributed by atoms with van der Waals surface area (Å²) in [6, 6.07) is 18.0. The minimum absolute atomic E-state index is 0.226. The number of rotatable bonds is 6. The molecule has 0 aliphatic heterocycles. The van der Waals surface area contributed by atoms with Gasteiger partial charge < -0.3 is 10.6 Å². The average Bonchev–Trinajstić information content (AvgIpc) is 3.20. The zero-order valence-corrected chi connectivity index (χ0v) is 14.4. The normalized spacial score (nSPS) is 11.6. The Kier molecular flexibility index (Phi) is 5.43. The Balaban J connectivity index is 1.82. The SMILES string of the molecule is CNC(=O)c1cccc(C(=O)N[C@@H](Cn2cccn2)c2ccccc2)c1. The second-order valence-electron chi connectivity index (χ2n) is 5.82. The molecule has 3 aromatic rings. The maximum absolute atomic E-state index is 12.7. The zero-order chi connectivity index (χ0) is 18.4. The quantitative estimate of drug-likeness (QED) is 0.718. The first-order valence-corrected chi connectivity index (χ1v) is 8.33. The number of nitrogens with zero attached hydrogens (tertiary/aromatic N) is 2. The number of carbonyl (C=O) groups excluding carboxylic acids is 2. The van der Waals surface area contributed by atoms with Gasteiger partial charge in [0.15, 0.2) is 0 Å². The van der Waals surface area contributed by atoms with Crippen LogP contribution in [0.1, 0.15) is 32.3 Å². The number of benzene rings is 2. The van der Waals surface area contributed by atoms with E-state index in [0.717, 1.165) is 5.56 Å². The van der Waals surface area contributed by atoms with Gasteiger partial charge >= 0.3 is 0 Å². The fourth-order valence-electron chi connectivity index (χ4n) is 2.70. The van der Waals surface area contributed by atoms with Crippen LogP contribution in [0.2, 0.25) is 0 Å². The van der Waals surface area contributed by atoms with E-state index in [9.17, 15) is 9.59 Å². The van der Waals surface area contributed by atoms with Crippen molar-refractivity contribution in [2.45, 2.75) is 12.6 Å². The van der Waals surface area contributed by atoms with Crippen LogP contribution in [-0.4, -0.2) is 28.6 Å². The van der Waals surface area contributed by atoms with E-state index in [-0.39, 0.29) is 17.9 Å². The molecule has 6 nitrogen and oxygen atoms in total. The molecule has 132 valence electrons. The highest BCUT2D eigenvalue weighted by Gasteiger charge is 2.17. The number of carbonyl (C=O) groups is 2. The predicted octanol–water partition coefficient (Wildman–Crippen LogP) is 2.41. The first-order chi connectivity index (χ1) is 12.7. The van der Waals surface area contributed by atoms with Gasteiger partial charge in [-0.25, -0.2) is 0 Å². The van der Waals surface area contributed by atoms with Crippen LogP contribution in [0.3, 0.4) is 0 Å². The lowest BCUT2D eigenvalue weighted by Crippen LogP contribution is -2.32. The Morgan fingerprint density at radius 3 is 2.38 bits per heavy atom. The van der Waals surface area contributed by atoms with Gasteiger partial charge in [0.05, 0.1) is 12.6 Å². The number of hydrogen-bond acceptors (Lipinski definition) is 3. The first-order valence-electron chi connectivity index (χ1n) is 8.33. The zero-order valence-electron chi connectivity index (χ0n) is 14.4. The van der Waals surface area contributed by atoms with Crippen LogP contribution in [0.5, 0.6) is 0 Å². The molecule has 0 saturated carbocycles. The highest BCUT2D eigenvalue weighted by atomic mass is 16.2. The molecule has 1 aromatic heterocycles. The summed E-state index contributed by atoms with van der Waals surface area (Å²) in [5.41, 5.74) is 1.87. The van der Waals surface area contributed by atoms with Gasteiger partial charge in [-0.2, -0.15) is 5.10 Å². The van der Waals surface area contributed by atoms with Crippen molar-refractivity contribution >= 4 is 11.8 Å². The van der Waals surface area contributed by atoms with Crippen LogP contribution < -0.4 is 10.6 Å². The van der Waals surface area contributed by atoms with E-state index in [1.165, 1.54) is 0 Å². The van der Waals surface area contributed by atoms with E-state index in [1.807, 2.05) is 42.6 Å². The van der Waals surface area contributed by atoms with E-state index >= 15 is 0 Å². The summed E-state index contributed by atoms with van der Waals surface area (Å²) in [7, 11) is 1.56. The van der Waals surface area contributed by atoms with Crippen LogP contribution in [0.4, 0.5) is 0 Å². The van der Waals surface area contributed by atoms with Crippen molar-refractivity contribution in [2.24, 2.45) is 0 Å². The summed E-state index contributed by atoms with van der Waals surface area (Å²) >= 11 is 0. The fraction of sp³-hybridized carbons (Fsp3) is 0.150. The molecule has 0 bridgehead atoms. The Morgan fingerprint density at radius 2 is 1.73 bits per heavy atom. The Bertz CT molecular complexity index is 876. The highest BCUT2D eigenvalue weighted by molar-refractivity contribution is 5.99. The molecule has 3 rings (SSSR count). The summed E-state index contributed by atoms with van der Waals surface area (Å²) < 4.78 is 1.78. The first kappa shape index (κ1) is 17.4. The van der Waals surface area contributed by atoms with Gasteiger partial charge in [0, 0.05) is 30.6 Å². The van der Waals surface area contributed by atoms with Crippen molar-refractivity contribution in [2.75, 3.05) is 7.05 Å². The molecule has 2 aromatic carbocycles. The van der Waals surface area contributed by atoms with Crippen molar-refractivity contribution in [1.82, 2.24) is 20.4 Å². The topological polar surface area (TPSA) is 76.0 Å². The fourth-order valence-corrected chi connectivity index (χ4v) is 2.70. The standard InChI is InChI=1S/C20H20N4O2/c1-21-19(25)16-9-5-10-17(13-16)20(26)23-18(14-24-12-6-11-22-24)15-7-3-2-4-8-15/h2-13,18H,14H2,1H3,(H,21,25)(H,23,26)/t18-/m0/s1. The molecule has 0 fully saturated rings. The molecule has 0 saturated heterocycles. The van der Waals surface area contributed by atoms with E-state index in [1.54, 1.807) is 42.2 Å². The molecule has 0 spiro atoms. The van der Waals surface area contributed by atoms with E-state index < -0.39 is 0 Å². The molecular weight excluding hydrogens is 328 g/mol. The van der Waals surface area contributed by atoms with Crippen molar-refractivity contribution in [3.05, 3.63) is 89.7 Å². The number of hydrogen-bond donors (Lipinski definition) is 2. The second kappa shape index (κ2) is 8.11. The molecule has 1 atom stereocenters. The third kappa shape index (κ3) is 4.16. The van der Waals surface area contributed by atoms with Crippen LogP contribution in [0.15, 0.2) is 73.1 Å². The third-order valence-corrected chi connectivity index (χ3v) is 4.05. The molecule has 0 radical (unpaired) electrons. The van der Waals surface area contributed by atoms with Gasteiger partial charge in [0.1, 0.15) is 0 Å². The summed E-state index contributed by atoms with van der Waals surface area (Å²) in [6.07, 6.45) is 3.56. The summed E-state index contributed by atoms with van der Waals surface area (Å²) in [5, 5.41) is 9.82. The molecule has 0 unspecified atom stereocenters. The maximum atomic E-state index is 12.7. The molecule has 26 heavy (non-hydrogen) atoms. The van der Waals surface area contributed by atoms with Gasteiger partial charge in [-0.3, -0.25) is 14.3 Å². The Labute approximate surface area is 151 Å². The Morgan fingerprint density at radius 1 is 1.00 bits per heavy atom. The molecule has 2 amide bonds. The van der Waals surface area contributed by atoms with Crippen LogP contribution in [0.25, 0.3) is 0 Å². The molecule has 0 aliphatic carbocycles. The van der Waals surface area contributed by atoms with Crippen molar-refractivity contribution < 1.29 is 9.59 Å². The van der Waals surface area contributed by atoms with Crippen LogP contribution >= 0.6 is 0 Å². The number of amides is 2. The smallest absolute Gasteiger partial charge is 0.251 e. The maximum Gasteiger partial charge on any atom is 0.251 e. The summed E-state index contributed by atoms with van der Waals surface area (Å²) in [5.74, 6) is -0.465. The summed E-state index contributed by atoms with van der Waals surface area (Å²) in [6.45, 7) is 0.512. The third-order valence-electron chi connectivity index (χ3n) is 4.05. The lowest BCUT2D eigenvalue weighted by molar-refractivity contribution is 0.0932. The Hall–Kier alpha value is -3.41. The lowest BCUT2D eigenvalue weighted by atomic mass is 10.1. The minimum Gasteiger partial charge on any atom is -0.355 e. The largest absolute Gasteiger partial charge is 0.355 e. The van der Waals surface area contributed by atoms with E-state index in [4.69, 9.17) is 0 Å². The molecule has 6 heteroatoms. The van der Waals surface area contributed by atoms with Gasteiger partial charge in [-0.05, 0) is 29.8 Å². The van der Waals surface area contributed by atoms with Gasteiger partial charge in [-0.15, -0.1) is 0 Å². The van der Waals surface area contributed by atoms with Crippen LogP contribution in [-0.2, 0) is 6.54 Å². The number of aromatic nitrogens is 2. The molecule has 0 aliphatic rings. The molecular formula is C20H20N4O2. The monoisotopic (exact) mass is 348 g/mol. The van der Waals surface area contributed by atoms with Crippen molar-refractivity contribution in [3.8, 4) is 0 Å². The van der Waals surface area contributed by atoms with Crippen molar-refractivity contribution in [1.29, 1.82) is 0 Å². The lowest BCUT2D eigenvalue weighted by Gasteiger charge is -2.19. The molecule has 1 heterocycles. The average molecular weight is 348 g/mol. The second-order valence-corrected chi connectivity index (χ2v) is 5.82. The van der Waals surface area contributed by atoms with Crippen LogP contribution in [0, 0.1) is 0 Å². The molecule has 2 N–H and O–H groups in total.